The van der Waals surface area contributed by atoms with Crippen LogP contribution in [0.4, 0.5) is 14.5 Å². The minimum absolute atomic E-state index is 0.0943. The third-order valence-corrected chi connectivity index (χ3v) is 9.46. The lowest BCUT2D eigenvalue weighted by molar-refractivity contribution is -0.148. The highest BCUT2D eigenvalue weighted by molar-refractivity contribution is 7.20. The smallest absolute Gasteiger partial charge is 0.332 e. The molecule has 1 saturated carbocycles. The Hall–Kier alpha value is -4.06. The number of para-hydroxylation sites is 1. The Kier molecular flexibility index (Phi) is 8.53. The highest BCUT2D eigenvalue weighted by Gasteiger charge is 2.62. The van der Waals surface area contributed by atoms with Crippen molar-refractivity contribution in [2.75, 3.05) is 19.0 Å². The molecule has 1 aromatic heterocycles. The Labute approximate surface area is 257 Å². The van der Waals surface area contributed by atoms with E-state index >= 15 is 0 Å². The Morgan fingerprint density at radius 3 is 2.70 bits per heavy atom. The molecule has 3 aromatic rings. The van der Waals surface area contributed by atoms with E-state index in [2.05, 4.69) is 15.6 Å². The summed E-state index contributed by atoms with van der Waals surface area (Å²) in [6.07, 6.45) is 7.54. The molecule has 12 heteroatoms. The number of ether oxygens (including phenoxy) is 2. The minimum atomic E-state index is -1.19. The Bertz CT molecular complexity index is 1540. The number of hydrogen-bond donors (Lipinski definition) is 2. The number of carbonyl (C=O) groups excluding carboxylic acids is 3. The number of carbonyl (C=O) groups is 3. The van der Waals surface area contributed by atoms with Gasteiger partial charge in [0.1, 0.15) is 35.4 Å². The number of esters is 1. The predicted molar refractivity (Wildman–Crippen MR) is 161 cm³/mol. The number of thiazole rings is 1. The second-order valence-corrected chi connectivity index (χ2v) is 12.6. The standard InChI is InChI=1S/C32H34F2N4O5S/c1-42-30(41)32-17-19(32)9-5-3-2-4-6-11-25(35-22-14-20(33)13-21(34)15-22)29(40)38-18-23(16-26(38)28(39)37-32)43-31-36-24-10-7-8-12-27(24)44-31/h5,7-10,12-15,19,23,25-26,35H,2-4,6,11,16-18H2,1H3,(H,37,39)/b9-5-/t19-,23+,25-,26-,32+/m0/s1. The number of hydrogen-bond acceptors (Lipinski definition) is 8. The third kappa shape index (κ3) is 6.26. The van der Waals surface area contributed by atoms with Gasteiger partial charge in [0, 0.05) is 24.1 Å². The molecule has 3 aliphatic rings. The van der Waals surface area contributed by atoms with E-state index in [0.717, 1.165) is 47.7 Å². The first-order chi connectivity index (χ1) is 21.3. The van der Waals surface area contributed by atoms with E-state index in [-0.39, 0.29) is 24.6 Å². The van der Waals surface area contributed by atoms with Crippen molar-refractivity contribution in [2.24, 2.45) is 5.92 Å². The largest absolute Gasteiger partial charge is 0.467 e. The van der Waals surface area contributed by atoms with Gasteiger partial charge in [-0.3, -0.25) is 9.59 Å². The first-order valence-corrected chi connectivity index (χ1v) is 15.7. The van der Waals surface area contributed by atoms with Crippen molar-refractivity contribution in [1.82, 2.24) is 15.2 Å². The summed E-state index contributed by atoms with van der Waals surface area (Å²) in [7, 11) is 1.29. The number of benzene rings is 2. The highest BCUT2D eigenvalue weighted by atomic mass is 32.1. The molecule has 44 heavy (non-hydrogen) atoms. The molecule has 6 rings (SSSR count). The van der Waals surface area contributed by atoms with Crippen LogP contribution in [0.1, 0.15) is 44.9 Å². The van der Waals surface area contributed by atoms with Crippen LogP contribution in [0.15, 0.2) is 54.6 Å². The number of amides is 2. The molecule has 9 nitrogen and oxygen atoms in total. The molecular weight excluding hydrogens is 590 g/mol. The fourth-order valence-corrected chi connectivity index (χ4v) is 7.08. The van der Waals surface area contributed by atoms with E-state index in [1.807, 2.05) is 36.4 Å². The van der Waals surface area contributed by atoms with E-state index < -0.39 is 53.1 Å². The van der Waals surface area contributed by atoms with E-state index in [4.69, 9.17) is 9.47 Å². The number of aromatic nitrogens is 1. The maximum Gasteiger partial charge on any atom is 0.332 e. The number of nitrogens with zero attached hydrogens (tertiary/aromatic N) is 2. The quantitative estimate of drug-likeness (QED) is 0.305. The van der Waals surface area contributed by atoms with Gasteiger partial charge in [0.25, 0.3) is 5.19 Å². The molecule has 2 N–H and O–H groups in total. The van der Waals surface area contributed by atoms with Crippen LogP contribution in [-0.2, 0) is 19.1 Å². The van der Waals surface area contributed by atoms with Crippen LogP contribution >= 0.6 is 11.3 Å². The molecule has 232 valence electrons. The molecule has 2 aliphatic heterocycles. The average molecular weight is 625 g/mol. The Morgan fingerprint density at radius 1 is 1.14 bits per heavy atom. The van der Waals surface area contributed by atoms with Gasteiger partial charge in [-0.05, 0) is 49.9 Å². The first kappa shape index (κ1) is 30.0. The van der Waals surface area contributed by atoms with E-state index in [1.54, 1.807) is 0 Å². The normalized spacial score (nSPS) is 28.2. The SMILES string of the molecule is COC(=O)[C@@]12C[C@@H]1/C=C\CCCCC[C@H](Nc1cc(F)cc(F)c1)C(=O)N1C[C@H](Oc3nc4ccccc4s3)C[C@H]1C(=O)N2. The summed E-state index contributed by atoms with van der Waals surface area (Å²) in [4.78, 5) is 47.0. The molecule has 0 radical (unpaired) electrons. The third-order valence-electron chi connectivity index (χ3n) is 8.53. The fourth-order valence-electron chi connectivity index (χ4n) is 6.20. The van der Waals surface area contributed by atoms with Crippen LogP contribution in [0.2, 0.25) is 0 Å². The van der Waals surface area contributed by atoms with Gasteiger partial charge >= 0.3 is 5.97 Å². The van der Waals surface area contributed by atoms with Crippen molar-refractivity contribution in [3.63, 3.8) is 0 Å². The molecule has 2 amide bonds. The zero-order valence-electron chi connectivity index (χ0n) is 24.3. The van der Waals surface area contributed by atoms with Gasteiger partial charge in [-0.1, -0.05) is 48.5 Å². The summed E-state index contributed by atoms with van der Waals surface area (Å²) < 4.78 is 40.3. The summed E-state index contributed by atoms with van der Waals surface area (Å²) in [6, 6.07) is 8.85. The van der Waals surface area contributed by atoms with Crippen LogP contribution in [0, 0.1) is 17.6 Å². The van der Waals surface area contributed by atoms with Crippen molar-refractivity contribution >= 4 is 45.0 Å². The second-order valence-electron chi connectivity index (χ2n) is 11.6. The lowest BCUT2D eigenvalue weighted by Crippen LogP contribution is -2.55. The molecule has 0 unspecified atom stereocenters. The zero-order valence-corrected chi connectivity index (χ0v) is 25.1. The zero-order chi connectivity index (χ0) is 30.8. The van der Waals surface area contributed by atoms with Crippen molar-refractivity contribution in [3.8, 4) is 5.19 Å². The lowest BCUT2D eigenvalue weighted by Gasteiger charge is -2.30. The van der Waals surface area contributed by atoms with Gasteiger partial charge in [-0.15, -0.1) is 0 Å². The molecule has 2 aromatic carbocycles. The van der Waals surface area contributed by atoms with Gasteiger partial charge in [-0.2, -0.15) is 0 Å². The van der Waals surface area contributed by atoms with E-state index in [0.29, 0.717) is 24.5 Å². The number of anilines is 1. The molecule has 1 saturated heterocycles. The summed E-state index contributed by atoms with van der Waals surface area (Å²) in [6.45, 7) is 0.0943. The number of nitrogens with one attached hydrogen (secondary N) is 2. The van der Waals surface area contributed by atoms with Crippen molar-refractivity contribution in [2.45, 2.75) is 68.7 Å². The van der Waals surface area contributed by atoms with Crippen LogP contribution in [0.5, 0.6) is 5.19 Å². The topological polar surface area (TPSA) is 110 Å². The summed E-state index contributed by atoms with van der Waals surface area (Å²) in [5.41, 5.74) is -0.275. The monoisotopic (exact) mass is 624 g/mol. The Morgan fingerprint density at radius 2 is 1.93 bits per heavy atom. The van der Waals surface area contributed by atoms with E-state index in [9.17, 15) is 23.2 Å². The van der Waals surface area contributed by atoms with Crippen LogP contribution in [0.3, 0.4) is 0 Å². The molecule has 0 bridgehead atoms. The van der Waals surface area contributed by atoms with E-state index in [1.165, 1.54) is 23.3 Å². The first-order valence-electron chi connectivity index (χ1n) is 14.9. The predicted octanol–water partition coefficient (Wildman–Crippen LogP) is 4.97. The van der Waals surface area contributed by atoms with Gasteiger partial charge in [0.15, 0.2) is 0 Å². The van der Waals surface area contributed by atoms with Gasteiger partial charge < -0.3 is 25.0 Å². The number of methoxy groups -OCH3 is 1. The van der Waals surface area contributed by atoms with Gasteiger partial charge in [0.05, 0.1) is 23.9 Å². The molecular formula is C32H34F2N4O5S. The van der Waals surface area contributed by atoms with Crippen LogP contribution < -0.4 is 15.4 Å². The second kappa shape index (κ2) is 12.5. The fraction of sp³-hybridized carbons (Fsp3) is 0.438. The molecule has 0 spiro atoms. The molecule has 1 aliphatic carbocycles. The maximum atomic E-state index is 14.2. The number of rotatable bonds is 5. The molecule has 5 atom stereocenters. The molecule has 2 fully saturated rings. The van der Waals surface area contributed by atoms with Gasteiger partial charge in [0.2, 0.25) is 11.8 Å². The average Bonchev–Trinajstić information content (AvgIpc) is 3.31. The Balaban J connectivity index is 1.30. The van der Waals surface area contributed by atoms with Crippen LogP contribution in [-0.4, -0.2) is 65.0 Å². The number of halogens is 2. The van der Waals surface area contributed by atoms with Crippen molar-refractivity contribution in [3.05, 3.63) is 66.3 Å². The molecule has 3 heterocycles. The maximum absolute atomic E-state index is 14.2. The van der Waals surface area contributed by atoms with Crippen molar-refractivity contribution < 1.29 is 32.6 Å². The summed E-state index contributed by atoms with van der Waals surface area (Å²) in [5, 5.41) is 6.37. The summed E-state index contributed by atoms with van der Waals surface area (Å²) >= 11 is 1.37. The highest BCUT2D eigenvalue weighted by Crippen LogP contribution is 2.46. The minimum Gasteiger partial charge on any atom is -0.467 e. The lowest BCUT2D eigenvalue weighted by atomic mass is 10.0. The van der Waals surface area contributed by atoms with Gasteiger partial charge in [-0.25, -0.2) is 18.6 Å². The number of allylic oxidation sites excluding steroid dienone is 1. The van der Waals surface area contributed by atoms with Crippen molar-refractivity contribution in [1.29, 1.82) is 0 Å². The van der Waals surface area contributed by atoms with Crippen LogP contribution in [0.25, 0.3) is 10.2 Å². The summed E-state index contributed by atoms with van der Waals surface area (Å²) in [5.74, 6) is -3.15. The number of fused-ring (bicyclic) bond motifs is 3.